The lowest BCUT2D eigenvalue weighted by atomic mass is 10.0. The molecular weight excluding hydrogens is 749 g/mol. The summed E-state index contributed by atoms with van der Waals surface area (Å²) < 4.78 is 32.6. The van der Waals surface area contributed by atoms with Gasteiger partial charge in [0.05, 0.1) is 13.2 Å². The Morgan fingerprint density at radius 2 is 1.02 bits per heavy atom. The molecule has 12 nitrogen and oxygen atoms in total. The molecule has 330 valence electrons. The average molecular weight is 828 g/mol. The number of carbonyl (C=O) groups excluding carboxylic acids is 2. The van der Waals surface area contributed by atoms with E-state index in [4.69, 9.17) is 29.9 Å². The van der Waals surface area contributed by atoms with E-state index in [1.807, 2.05) is 12.2 Å². The third kappa shape index (κ3) is 40.0. The van der Waals surface area contributed by atoms with Crippen molar-refractivity contribution in [3.63, 3.8) is 0 Å². The zero-order valence-electron chi connectivity index (χ0n) is 35.1. The molecule has 0 aromatic rings. The first-order chi connectivity index (χ1) is 27.6. The molecule has 1 unspecified atom stereocenters. The summed E-state index contributed by atoms with van der Waals surface area (Å²) in [6, 6.07) is -1.53. The molecule has 5 N–H and O–H groups in total. The van der Waals surface area contributed by atoms with Crippen LogP contribution in [0.25, 0.3) is 0 Å². The first kappa shape index (κ1) is 54.4. The lowest BCUT2D eigenvalue weighted by Gasteiger charge is -2.20. The SMILES string of the molecule is CCCCCCCCCCCCCCCCCC(=O)OC[C@H](COP(=O)(O)OC[C@H](N)C(=O)O)OC(=O)CCC/C=C\C/C=C\C/C=C\C/C=C\CCCCCO. The predicted molar refractivity (Wildman–Crippen MR) is 228 cm³/mol. The summed E-state index contributed by atoms with van der Waals surface area (Å²) in [7, 11) is -4.74. The smallest absolute Gasteiger partial charge is 0.472 e. The zero-order chi connectivity index (χ0) is 42.1. The van der Waals surface area contributed by atoms with Gasteiger partial charge in [0, 0.05) is 19.4 Å². The highest BCUT2D eigenvalue weighted by atomic mass is 31.2. The van der Waals surface area contributed by atoms with Crippen LogP contribution >= 0.6 is 7.82 Å². The Hall–Kier alpha value is -2.60. The van der Waals surface area contributed by atoms with E-state index in [1.54, 1.807) is 0 Å². The van der Waals surface area contributed by atoms with Gasteiger partial charge in [0.15, 0.2) is 6.10 Å². The van der Waals surface area contributed by atoms with Gasteiger partial charge in [-0.05, 0) is 57.8 Å². The van der Waals surface area contributed by atoms with Gasteiger partial charge in [-0.25, -0.2) is 4.57 Å². The summed E-state index contributed by atoms with van der Waals surface area (Å²) >= 11 is 0. The molecule has 0 aliphatic carbocycles. The van der Waals surface area contributed by atoms with Crippen molar-refractivity contribution in [1.82, 2.24) is 0 Å². The predicted octanol–water partition coefficient (Wildman–Crippen LogP) is 10.4. The summed E-state index contributed by atoms with van der Waals surface area (Å²) in [5.74, 6) is -2.47. The average Bonchev–Trinajstić information content (AvgIpc) is 3.19. The maximum absolute atomic E-state index is 12.6. The van der Waals surface area contributed by atoms with Gasteiger partial charge in [-0.2, -0.15) is 0 Å². The van der Waals surface area contributed by atoms with Crippen molar-refractivity contribution in [2.75, 3.05) is 26.4 Å². The Balaban J connectivity index is 4.45. The van der Waals surface area contributed by atoms with Crippen LogP contribution in [0.1, 0.15) is 174 Å². The van der Waals surface area contributed by atoms with Gasteiger partial charge in [0.1, 0.15) is 12.6 Å². The first-order valence-electron chi connectivity index (χ1n) is 21.8. The van der Waals surface area contributed by atoms with Crippen LogP contribution in [0.15, 0.2) is 48.6 Å². The van der Waals surface area contributed by atoms with Crippen LogP contribution in [-0.2, 0) is 37.5 Å². The molecule has 0 fully saturated rings. The number of hydrogen-bond donors (Lipinski definition) is 4. The largest absolute Gasteiger partial charge is 0.480 e. The lowest BCUT2D eigenvalue weighted by Crippen LogP contribution is -2.34. The standard InChI is InChI=1S/C44H78NO11P/c1-2-3-4-5-6-7-8-9-13-16-19-22-25-28-31-34-42(47)53-37-40(38-54-57(51,52)55-39-41(45)44(49)50)56-43(48)35-32-29-26-23-20-17-14-11-10-12-15-18-21-24-27-30-33-36-46/h10,12,14,17-18,21,23,26,40-41,46H,2-9,11,13,15-16,19-20,22,24-25,27-39,45H2,1H3,(H,49,50)(H,51,52)/b12-10-,17-14-,21-18-,26-23-/t40-,41+/m1/s1. The van der Waals surface area contributed by atoms with Crippen molar-refractivity contribution in [3.05, 3.63) is 48.6 Å². The van der Waals surface area contributed by atoms with Crippen molar-refractivity contribution >= 4 is 25.7 Å². The van der Waals surface area contributed by atoms with E-state index in [9.17, 15) is 23.8 Å². The number of aliphatic hydroxyl groups excluding tert-OH is 1. The van der Waals surface area contributed by atoms with Crippen molar-refractivity contribution in [2.45, 2.75) is 186 Å². The second-order valence-electron chi connectivity index (χ2n) is 14.6. The molecule has 0 saturated heterocycles. The number of carbonyl (C=O) groups is 3. The highest BCUT2D eigenvalue weighted by Gasteiger charge is 2.28. The maximum Gasteiger partial charge on any atom is 0.472 e. The molecule has 0 bridgehead atoms. The molecule has 0 saturated carbocycles. The lowest BCUT2D eigenvalue weighted by molar-refractivity contribution is -0.161. The maximum atomic E-state index is 12.6. The van der Waals surface area contributed by atoms with Crippen LogP contribution in [0, 0.1) is 0 Å². The highest BCUT2D eigenvalue weighted by Crippen LogP contribution is 2.43. The van der Waals surface area contributed by atoms with Crippen molar-refractivity contribution in [2.24, 2.45) is 5.73 Å². The molecule has 0 amide bonds. The molecule has 0 aliphatic heterocycles. The molecule has 57 heavy (non-hydrogen) atoms. The number of carboxylic acids is 1. The normalized spacial score (nSPS) is 14.2. The topological polar surface area (TPSA) is 192 Å². The number of aliphatic carboxylic acids is 1. The first-order valence-corrected chi connectivity index (χ1v) is 23.3. The number of esters is 2. The van der Waals surface area contributed by atoms with Crippen LogP contribution in [0.5, 0.6) is 0 Å². The number of ether oxygens (including phenoxy) is 2. The van der Waals surface area contributed by atoms with Gasteiger partial charge in [-0.3, -0.25) is 23.4 Å². The van der Waals surface area contributed by atoms with Gasteiger partial charge in [0.2, 0.25) is 0 Å². The Morgan fingerprint density at radius 3 is 1.53 bits per heavy atom. The third-order valence-electron chi connectivity index (χ3n) is 9.13. The molecule has 0 aromatic carbocycles. The van der Waals surface area contributed by atoms with E-state index in [-0.39, 0.29) is 26.1 Å². The van der Waals surface area contributed by atoms with Gasteiger partial charge >= 0.3 is 25.7 Å². The molecule has 0 aliphatic rings. The number of phosphoric ester groups is 1. The fourth-order valence-electron chi connectivity index (χ4n) is 5.68. The van der Waals surface area contributed by atoms with E-state index < -0.39 is 51.1 Å². The Bertz CT molecular complexity index is 1160. The summed E-state index contributed by atoms with van der Waals surface area (Å²) in [6.45, 7) is 0.755. The van der Waals surface area contributed by atoms with Crippen molar-refractivity contribution < 1.29 is 52.6 Å². The number of carboxylic acid groups (broad SMARTS) is 1. The second kappa shape index (κ2) is 40.2. The van der Waals surface area contributed by atoms with E-state index in [1.165, 1.54) is 70.6 Å². The molecule has 3 atom stereocenters. The molecule has 0 radical (unpaired) electrons. The monoisotopic (exact) mass is 828 g/mol. The molecule has 0 spiro atoms. The quantitative estimate of drug-likeness (QED) is 0.0198. The van der Waals surface area contributed by atoms with Gasteiger partial charge in [-0.1, -0.05) is 152 Å². The number of hydrogen-bond acceptors (Lipinski definition) is 10. The number of phosphoric acid groups is 1. The summed E-state index contributed by atoms with van der Waals surface area (Å²) in [6.07, 6.45) is 41.9. The minimum atomic E-state index is -4.74. The highest BCUT2D eigenvalue weighted by molar-refractivity contribution is 7.47. The molecule has 0 aromatic heterocycles. The van der Waals surface area contributed by atoms with Crippen LogP contribution in [0.3, 0.4) is 0 Å². The van der Waals surface area contributed by atoms with Gasteiger partial charge in [-0.15, -0.1) is 0 Å². The summed E-state index contributed by atoms with van der Waals surface area (Å²) in [5, 5.41) is 17.7. The number of unbranched alkanes of at least 4 members (excludes halogenated alkanes) is 18. The Labute approximate surface area is 344 Å². The molecule has 0 heterocycles. The van der Waals surface area contributed by atoms with E-state index in [0.29, 0.717) is 19.3 Å². The zero-order valence-corrected chi connectivity index (χ0v) is 36.0. The minimum absolute atomic E-state index is 0.0758. The fourth-order valence-corrected chi connectivity index (χ4v) is 6.46. The van der Waals surface area contributed by atoms with Crippen LogP contribution in [0.2, 0.25) is 0 Å². The number of allylic oxidation sites excluding steroid dienone is 8. The molecule has 13 heteroatoms. The van der Waals surface area contributed by atoms with Gasteiger partial charge in [0.25, 0.3) is 0 Å². The second-order valence-corrected chi connectivity index (χ2v) is 16.0. The Kier molecular flexibility index (Phi) is 38.4. The minimum Gasteiger partial charge on any atom is -0.480 e. The summed E-state index contributed by atoms with van der Waals surface area (Å²) in [5.41, 5.74) is 5.32. The van der Waals surface area contributed by atoms with Crippen LogP contribution < -0.4 is 5.73 Å². The Morgan fingerprint density at radius 1 is 0.579 bits per heavy atom. The third-order valence-corrected chi connectivity index (χ3v) is 10.1. The number of rotatable bonds is 41. The number of nitrogens with two attached hydrogens (primary N) is 1. The number of aliphatic hydroxyl groups is 1. The van der Waals surface area contributed by atoms with E-state index in [2.05, 4.69) is 47.9 Å². The molecular formula is C44H78NO11P. The van der Waals surface area contributed by atoms with Crippen molar-refractivity contribution in [1.29, 1.82) is 0 Å². The van der Waals surface area contributed by atoms with Crippen LogP contribution in [0.4, 0.5) is 0 Å². The van der Waals surface area contributed by atoms with E-state index >= 15 is 0 Å². The molecule has 0 rings (SSSR count). The van der Waals surface area contributed by atoms with E-state index in [0.717, 1.165) is 64.2 Å². The van der Waals surface area contributed by atoms with Crippen molar-refractivity contribution in [3.8, 4) is 0 Å². The summed E-state index contributed by atoms with van der Waals surface area (Å²) in [4.78, 5) is 45.9. The fraction of sp³-hybridized carbons (Fsp3) is 0.750. The van der Waals surface area contributed by atoms with Crippen LogP contribution in [-0.4, -0.2) is 71.6 Å². The van der Waals surface area contributed by atoms with Gasteiger partial charge < -0.3 is 30.3 Å².